The van der Waals surface area contributed by atoms with Gasteiger partial charge in [-0.15, -0.1) is 0 Å². The van der Waals surface area contributed by atoms with Crippen LogP contribution in [-0.2, 0) is 11.8 Å². The number of hydrogen-bond donors (Lipinski definition) is 2. The number of carboxylic acid groups (broad SMARTS) is 1. The van der Waals surface area contributed by atoms with Crippen LogP contribution in [0.15, 0.2) is 0 Å². The van der Waals surface area contributed by atoms with Gasteiger partial charge in [-0.1, -0.05) is 0 Å². The molecule has 0 saturated heterocycles. The smallest absolute Gasteiger partial charge is 0.325 e. The molecule has 0 saturated carbocycles. The first kappa shape index (κ1) is 10.5. The number of methoxy groups -OCH3 is 1. The van der Waals surface area contributed by atoms with Crippen molar-refractivity contribution in [3.05, 3.63) is 11.3 Å². The molecule has 1 aromatic heterocycles. The van der Waals surface area contributed by atoms with Crippen LogP contribution in [-0.4, -0.2) is 28.0 Å². The highest BCUT2D eigenvalue weighted by molar-refractivity contribution is 5.76. The maximum absolute atomic E-state index is 10.7. The van der Waals surface area contributed by atoms with Crippen molar-refractivity contribution in [2.75, 3.05) is 7.11 Å². The lowest BCUT2D eigenvalue weighted by Gasteiger charge is -2.08. The Morgan fingerprint density at radius 2 is 2.29 bits per heavy atom. The van der Waals surface area contributed by atoms with Crippen molar-refractivity contribution < 1.29 is 14.6 Å². The number of ether oxygens (including phenoxy) is 1. The van der Waals surface area contributed by atoms with Gasteiger partial charge in [0.15, 0.2) is 0 Å². The van der Waals surface area contributed by atoms with Crippen molar-refractivity contribution in [2.45, 2.75) is 13.0 Å². The van der Waals surface area contributed by atoms with Crippen molar-refractivity contribution in [3.8, 4) is 5.88 Å². The van der Waals surface area contributed by atoms with E-state index in [0.29, 0.717) is 17.1 Å². The van der Waals surface area contributed by atoms with Gasteiger partial charge in [0.25, 0.3) is 0 Å². The molecule has 0 aliphatic carbocycles. The summed E-state index contributed by atoms with van der Waals surface area (Å²) >= 11 is 0. The SMILES string of the molecule is COc1c(C(N)C(=O)O)c(C)nn1C. The van der Waals surface area contributed by atoms with Crippen molar-refractivity contribution >= 4 is 5.97 Å². The third kappa shape index (κ3) is 1.56. The van der Waals surface area contributed by atoms with E-state index >= 15 is 0 Å². The molecule has 1 rings (SSSR count). The molecule has 3 N–H and O–H groups in total. The van der Waals surface area contributed by atoms with Gasteiger partial charge >= 0.3 is 5.97 Å². The van der Waals surface area contributed by atoms with E-state index in [-0.39, 0.29) is 0 Å². The minimum absolute atomic E-state index is 0.386. The lowest BCUT2D eigenvalue weighted by atomic mass is 10.1. The zero-order valence-corrected chi connectivity index (χ0v) is 8.31. The molecule has 1 atom stereocenters. The Morgan fingerprint density at radius 1 is 1.71 bits per heavy atom. The van der Waals surface area contributed by atoms with Gasteiger partial charge in [-0.2, -0.15) is 5.10 Å². The van der Waals surface area contributed by atoms with Crippen molar-refractivity contribution in [1.82, 2.24) is 9.78 Å². The number of aromatic nitrogens is 2. The number of aliphatic carboxylic acids is 1. The molecule has 1 heterocycles. The molecule has 78 valence electrons. The third-order valence-electron chi connectivity index (χ3n) is 1.98. The molecule has 0 amide bonds. The van der Waals surface area contributed by atoms with Gasteiger partial charge in [-0.05, 0) is 6.92 Å². The number of carboxylic acids is 1. The Hall–Kier alpha value is -1.56. The van der Waals surface area contributed by atoms with E-state index in [1.165, 1.54) is 11.8 Å². The predicted octanol–water partition coefficient (Wildman–Crippen LogP) is -0.178. The van der Waals surface area contributed by atoms with Crippen LogP contribution in [0.5, 0.6) is 5.88 Å². The lowest BCUT2D eigenvalue weighted by Crippen LogP contribution is -2.21. The predicted molar refractivity (Wildman–Crippen MR) is 49.1 cm³/mol. The molecule has 0 fully saturated rings. The summed E-state index contributed by atoms with van der Waals surface area (Å²) < 4.78 is 6.49. The van der Waals surface area contributed by atoms with E-state index in [1.807, 2.05) is 0 Å². The highest BCUT2D eigenvalue weighted by atomic mass is 16.5. The molecular formula is C8H13N3O3. The first-order valence-electron chi connectivity index (χ1n) is 4.05. The Balaban J connectivity index is 3.24. The van der Waals surface area contributed by atoms with Crippen LogP contribution in [0.1, 0.15) is 17.3 Å². The highest BCUT2D eigenvalue weighted by Crippen LogP contribution is 2.26. The Bertz CT molecular complexity index is 359. The second-order valence-electron chi connectivity index (χ2n) is 2.95. The molecule has 0 spiro atoms. The van der Waals surface area contributed by atoms with Crippen LogP contribution in [0.3, 0.4) is 0 Å². The molecule has 1 aromatic rings. The molecule has 0 aliphatic heterocycles. The summed E-state index contributed by atoms with van der Waals surface area (Å²) in [4.78, 5) is 10.7. The number of carbonyl (C=O) groups is 1. The molecule has 6 heteroatoms. The van der Waals surface area contributed by atoms with Crippen LogP contribution in [0, 0.1) is 6.92 Å². The Kier molecular flexibility index (Phi) is 2.76. The molecule has 1 unspecified atom stereocenters. The third-order valence-corrected chi connectivity index (χ3v) is 1.98. The summed E-state index contributed by atoms with van der Waals surface area (Å²) in [6.07, 6.45) is 0. The zero-order chi connectivity index (χ0) is 10.9. The molecule has 0 bridgehead atoms. The van der Waals surface area contributed by atoms with Crippen LogP contribution in [0.4, 0.5) is 0 Å². The van der Waals surface area contributed by atoms with E-state index in [4.69, 9.17) is 15.6 Å². The number of nitrogens with two attached hydrogens (primary N) is 1. The van der Waals surface area contributed by atoms with Crippen LogP contribution >= 0.6 is 0 Å². The molecule has 0 aliphatic rings. The second kappa shape index (κ2) is 3.67. The topological polar surface area (TPSA) is 90.4 Å². The van der Waals surface area contributed by atoms with E-state index in [0.717, 1.165) is 0 Å². The first-order valence-corrected chi connectivity index (χ1v) is 4.05. The lowest BCUT2D eigenvalue weighted by molar-refractivity contribution is -0.138. The van der Waals surface area contributed by atoms with E-state index in [2.05, 4.69) is 5.10 Å². The van der Waals surface area contributed by atoms with Crippen LogP contribution in [0.2, 0.25) is 0 Å². The summed E-state index contributed by atoms with van der Waals surface area (Å²) in [7, 11) is 3.12. The van der Waals surface area contributed by atoms with Gasteiger partial charge in [0.1, 0.15) is 6.04 Å². The Morgan fingerprint density at radius 3 is 2.71 bits per heavy atom. The summed E-state index contributed by atoms with van der Waals surface area (Å²) in [5.74, 6) is -0.711. The summed E-state index contributed by atoms with van der Waals surface area (Å²) in [6.45, 7) is 1.70. The van der Waals surface area contributed by atoms with Gasteiger partial charge in [0.05, 0.1) is 18.4 Å². The zero-order valence-electron chi connectivity index (χ0n) is 8.31. The van der Waals surface area contributed by atoms with Crippen molar-refractivity contribution in [1.29, 1.82) is 0 Å². The number of hydrogen-bond acceptors (Lipinski definition) is 4. The average molecular weight is 199 g/mol. The fourth-order valence-corrected chi connectivity index (χ4v) is 1.38. The fourth-order valence-electron chi connectivity index (χ4n) is 1.38. The van der Waals surface area contributed by atoms with Crippen LogP contribution < -0.4 is 10.5 Å². The van der Waals surface area contributed by atoms with Crippen molar-refractivity contribution in [2.24, 2.45) is 12.8 Å². The first-order chi connectivity index (χ1) is 6.49. The fraction of sp³-hybridized carbons (Fsp3) is 0.500. The van der Waals surface area contributed by atoms with E-state index in [1.54, 1.807) is 14.0 Å². The summed E-state index contributed by atoms with van der Waals surface area (Å²) in [5, 5.41) is 12.8. The molecular weight excluding hydrogens is 186 g/mol. The maximum Gasteiger partial charge on any atom is 0.325 e. The highest BCUT2D eigenvalue weighted by Gasteiger charge is 2.25. The average Bonchev–Trinajstić information content (AvgIpc) is 2.38. The quantitative estimate of drug-likeness (QED) is 0.704. The number of aryl methyl sites for hydroxylation is 2. The van der Waals surface area contributed by atoms with Gasteiger partial charge in [0.2, 0.25) is 5.88 Å². The van der Waals surface area contributed by atoms with Gasteiger partial charge in [-0.3, -0.25) is 4.79 Å². The van der Waals surface area contributed by atoms with E-state index in [9.17, 15) is 4.79 Å². The largest absolute Gasteiger partial charge is 0.481 e. The monoisotopic (exact) mass is 199 g/mol. The van der Waals surface area contributed by atoms with Crippen molar-refractivity contribution in [3.63, 3.8) is 0 Å². The second-order valence-corrected chi connectivity index (χ2v) is 2.95. The molecule has 6 nitrogen and oxygen atoms in total. The number of nitrogens with zero attached hydrogens (tertiary/aromatic N) is 2. The van der Waals surface area contributed by atoms with Gasteiger partial charge in [-0.25, -0.2) is 4.68 Å². The van der Waals surface area contributed by atoms with Gasteiger partial charge < -0.3 is 15.6 Å². The van der Waals surface area contributed by atoms with Crippen LogP contribution in [0.25, 0.3) is 0 Å². The van der Waals surface area contributed by atoms with E-state index < -0.39 is 12.0 Å². The molecule has 0 aromatic carbocycles. The summed E-state index contributed by atoms with van der Waals surface area (Å²) in [6, 6.07) is -1.10. The molecule has 14 heavy (non-hydrogen) atoms. The minimum Gasteiger partial charge on any atom is -0.481 e. The number of rotatable bonds is 3. The molecule has 0 radical (unpaired) electrons. The minimum atomic E-state index is -1.10. The maximum atomic E-state index is 10.7. The summed E-state index contributed by atoms with van der Waals surface area (Å²) in [5.41, 5.74) is 6.48. The Labute approximate surface area is 81.3 Å². The van der Waals surface area contributed by atoms with Gasteiger partial charge in [0, 0.05) is 7.05 Å². The standard InChI is InChI=1S/C8H13N3O3/c1-4-5(6(9)8(12)13)7(14-3)11(2)10-4/h6H,9H2,1-3H3,(H,12,13). The normalized spacial score (nSPS) is 12.6.